The van der Waals surface area contributed by atoms with Crippen LogP contribution in [0.5, 0.6) is 0 Å². The highest BCUT2D eigenvalue weighted by molar-refractivity contribution is 5.72. The van der Waals surface area contributed by atoms with Crippen LogP contribution in [0.15, 0.2) is 91.0 Å². The largest absolute Gasteiger partial charge is 0.439 e. The van der Waals surface area contributed by atoms with Gasteiger partial charge in [-0.05, 0) is 16.7 Å². The summed E-state index contributed by atoms with van der Waals surface area (Å²) in [5.74, 6) is 0.134. The van der Waals surface area contributed by atoms with Crippen LogP contribution in [-0.2, 0) is 20.8 Å². The lowest BCUT2D eigenvalue weighted by molar-refractivity contribution is -0.0609. The Labute approximate surface area is 193 Å². The van der Waals surface area contributed by atoms with Crippen molar-refractivity contribution in [3.05, 3.63) is 108 Å². The van der Waals surface area contributed by atoms with Crippen LogP contribution in [-0.4, -0.2) is 35.8 Å². The van der Waals surface area contributed by atoms with Gasteiger partial charge >= 0.3 is 6.09 Å². The average Bonchev–Trinajstić information content (AvgIpc) is 3.61. The first-order valence-electron chi connectivity index (χ1n) is 11.6. The van der Waals surface area contributed by atoms with E-state index in [0.717, 1.165) is 29.7 Å². The maximum absolute atomic E-state index is 13.3. The highest BCUT2D eigenvalue weighted by Gasteiger charge is 2.67. The second-order valence-corrected chi connectivity index (χ2v) is 9.21. The molecule has 2 aliphatic heterocycles. The van der Waals surface area contributed by atoms with Crippen molar-refractivity contribution in [2.24, 2.45) is 5.92 Å². The Morgan fingerprint density at radius 1 is 0.879 bits per heavy atom. The molecule has 5 heteroatoms. The van der Waals surface area contributed by atoms with Crippen molar-refractivity contribution in [2.45, 2.75) is 36.8 Å². The van der Waals surface area contributed by atoms with E-state index in [0.29, 0.717) is 13.2 Å². The quantitative estimate of drug-likeness (QED) is 0.467. The SMILES string of the molecule is O=C1O[C@@H](c2ccccc2)[C@@H](c2ccccc2)N1[C@@H]1C[C@@]2(CO2)[C@H]1COCc1ccccc1. The Hall–Kier alpha value is -3.15. The number of hydrogen-bond donors (Lipinski definition) is 0. The molecule has 1 amide bonds. The molecule has 168 valence electrons. The molecule has 3 aromatic rings. The molecule has 2 saturated heterocycles. The van der Waals surface area contributed by atoms with Gasteiger partial charge in [0, 0.05) is 18.4 Å². The van der Waals surface area contributed by atoms with Gasteiger partial charge in [0.15, 0.2) is 6.10 Å². The van der Waals surface area contributed by atoms with E-state index < -0.39 is 0 Å². The highest BCUT2D eigenvalue weighted by Crippen LogP contribution is 2.57. The van der Waals surface area contributed by atoms with E-state index in [2.05, 4.69) is 24.3 Å². The number of amides is 1. The van der Waals surface area contributed by atoms with Gasteiger partial charge in [0.1, 0.15) is 11.6 Å². The van der Waals surface area contributed by atoms with Crippen LogP contribution >= 0.6 is 0 Å². The fraction of sp³-hybridized carbons (Fsp3) is 0.321. The molecule has 5 atom stereocenters. The fourth-order valence-corrected chi connectivity index (χ4v) is 5.41. The number of cyclic esters (lactones) is 1. The Morgan fingerprint density at radius 2 is 1.48 bits per heavy atom. The van der Waals surface area contributed by atoms with E-state index in [9.17, 15) is 4.79 Å². The Bertz CT molecular complexity index is 1100. The molecule has 0 bridgehead atoms. The van der Waals surface area contributed by atoms with Gasteiger partial charge in [-0.3, -0.25) is 4.90 Å². The molecule has 0 aromatic heterocycles. The van der Waals surface area contributed by atoms with E-state index in [1.807, 2.05) is 71.6 Å². The van der Waals surface area contributed by atoms with Crippen molar-refractivity contribution >= 4 is 6.09 Å². The molecule has 3 aliphatic rings. The molecule has 0 unspecified atom stereocenters. The summed E-state index contributed by atoms with van der Waals surface area (Å²) in [6, 6.07) is 30.2. The monoisotopic (exact) mass is 441 g/mol. The predicted molar refractivity (Wildman–Crippen MR) is 123 cm³/mol. The molecule has 33 heavy (non-hydrogen) atoms. The lowest BCUT2D eigenvalue weighted by Gasteiger charge is -2.48. The zero-order valence-corrected chi connectivity index (χ0v) is 18.4. The number of carbonyl (C=O) groups is 1. The van der Waals surface area contributed by atoms with Crippen LogP contribution in [0.4, 0.5) is 4.79 Å². The van der Waals surface area contributed by atoms with Gasteiger partial charge in [-0.15, -0.1) is 0 Å². The smallest absolute Gasteiger partial charge is 0.411 e. The number of epoxide rings is 1. The van der Waals surface area contributed by atoms with Crippen molar-refractivity contribution < 1.29 is 19.0 Å². The van der Waals surface area contributed by atoms with Gasteiger partial charge in [-0.25, -0.2) is 4.79 Å². The normalized spacial score (nSPS) is 30.2. The Kier molecular flexibility index (Phi) is 5.16. The van der Waals surface area contributed by atoms with Crippen LogP contribution < -0.4 is 0 Å². The molecule has 0 N–H and O–H groups in total. The summed E-state index contributed by atoms with van der Waals surface area (Å²) in [4.78, 5) is 15.2. The van der Waals surface area contributed by atoms with Crippen LogP contribution in [0, 0.1) is 5.92 Å². The molecule has 1 aliphatic carbocycles. The number of rotatable bonds is 7. The maximum Gasteiger partial charge on any atom is 0.411 e. The molecule has 0 radical (unpaired) electrons. The van der Waals surface area contributed by atoms with Crippen molar-refractivity contribution in [3.8, 4) is 0 Å². The topological polar surface area (TPSA) is 51.3 Å². The van der Waals surface area contributed by atoms with E-state index in [1.54, 1.807) is 0 Å². The molecule has 5 nitrogen and oxygen atoms in total. The molecule has 3 fully saturated rings. The molecular weight excluding hydrogens is 414 g/mol. The Morgan fingerprint density at radius 3 is 2.12 bits per heavy atom. The van der Waals surface area contributed by atoms with E-state index >= 15 is 0 Å². The van der Waals surface area contributed by atoms with Gasteiger partial charge in [0.05, 0.1) is 19.8 Å². The lowest BCUT2D eigenvalue weighted by Crippen LogP contribution is -2.60. The zero-order valence-electron chi connectivity index (χ0n) is 18.4. The second-order valence-electron chi connectivity index (χ2n) is 9.21. The summed E-state index contributed by atoms with van der Waals surface area (Å²) in [5.41, 5.74) is 3.09. The zero-order chi connectivity index (χ0) is 22.3. The molecule has 6 rings (SSSR count). The summed E-state index contributed by atoms with van der Waals surface area (Å²) >= 11 is 0. The maximum atomic E-state index is 13.3. The summed E-state index contributed by atoms with van der Waals surface area (Å²) in [6.45, 7) is 1.85. The van der Waals surface area contributed by atoms with Gasteiger partial charge < -0.3 is 14.2 Å². The third-order valence-electron chi connectivity index (χ3n) is 7.27. The molecule has 1 spiro atoms. The standard InChI is InChI=1S/C28H27NO4/c30-27-29(24-16-28(19-32-28)23(24)18-31-17-20-10-4-1-5-11-20)25(21-12-6-2-7-13-21)26(33-27)22-14-8-3-9-15-22/h1-15,23-26H,16-19H2/t23-,24+,25+,26-,28+/m0/s1. The van der Waals surface area contributed by atoms with Gasteiger partial charge in [0.2, 0.25) is 0 Å². The lowest BCUT2D eigenvalue weighted by atomic mass is 9.68. The Balaban J connectivity index is 1.26. The third-order valence-corrected chi connectivity index (χ3v) is 7.27. The van der Waals surface area contributed by atoms with Crippen molar-refractivity contribution in [1.29, 1.82) is 0 Å². The number of hydrogen-bond acceptors (Lipinski definition) is 4. The predicted octanol–water partition coefficient (Wildman–Crippen LogP) is 5.30. The first-order valence-corrected chi connectivity index (χ1v) is 11.6. The first-order chi connectivity index (χ1) is 16.3. The second kappa shape index (κ2) is 8.32. The fourth-order valence-electron chi connectivity index (χ4n) is 5.41. The van der Waals surface area contributed by atoms with Gasteiger partial charge in [-0.1, -0.05) is 91.0 Å². The average molecular weight is 442 g/mol. The number of ether oxygens (including phenoxy) is 3. The van der Waals surface area contributed by atoms with Gasteiger partial charge in [0.25, 0.3) is 0 Å². The molecular formula is C28H27NO4. The van der Waals surface area contributed by atoms with Crippen LogP contribution in [0.3, 0.4) is 0 Å². The highest BCUT2D eigenvalue weighted by atomic mass is 16.6. The molecule has 2 heterocycles. The number of carbonyl (C=O) groups excluding carboxylic acids is 1. The minimum absolute atomic E-state index is 0.0229. The third kappa shape index (κ3) is 3.71. The van der Waals surface area contributed by atoms with Crippen LogP contribution in [0.1, 0.15) is 35.3 Å². The first kappa shape index (κ1) is 20.5. The van der Waals surface area contributed by atoms with Crippen molar-refractivity contribution in [3.63, 3.8) is 0 Å². The van der Waals surface area contributed by atoms with Crippen LogP contribution in [0.2, 0.25) is 0 Å². The summed E-state index contributed by atoms with van der Waals surface area (Å²) in [5, 5.41) is 0. The summed E-state index contributed by atoms with van der Waals surface area (Å²) in [6.07, 6.45) is 0.224. The van der Waals surface area contributed by atoms with Crippen LogP contribution in [0.25, 0.3) is 0 Å². The number of benzene rings is 3. The van der Waals surface area contributed by atoms with Crippen molar-refractivity contribution in [1.82, 2.24) is 4.90 Å². The minimum atomic E-state index is -0.344. The van der Waals surface area contributed by atoms with E-state index in [1.165, 1.54) is 0 Å². The molecule has 3 aromatic carbocycles. The van der Waals surface area contributed by atoms with Crippen molar-refractivity contribution in [2.75, 3.05) is 13.2 Å². The molecule has 1 saturated carbocycles. The summed E-state index contributed by atoms with van der Waals surface area (Å²) < 4.78 is 18.0. The van der Waals surface area contributed by atoms with E-state index in [-0.39, 0.29) is 35.8 Å². The summed E-state index contributed by atoms with van der Waals surface area (Å²) in [7, 11) is 0. The van der Waals surface area contributed by atoms with Gasteiger partial charge in [-0.2, -0.15) is 0 Å². The minimum Gasteiger partial charge on any atom is -0.439 e. The number of nitrogens with zero attached hydrogens (tertiary/aromatic N) is 1. The van der Waals surface area contributed by atoms with E-state index in [4.69, 9.17) is 14.2 Å².